The van der Waals surface area contributed by atoms with Crippen LogP contribution in [0.4, 0.5) is 0 Å². The van der Waals surface area contributed by atoms with E-state index in [1.807, 2.05) is 25.2 Å². The van der Waals surface area contributed by atoms with E-state index in [1.165, 1.54) is 12.0 Å². The molecule has 2 aliphatic heterocycles. The molecule has 1 aromatic carbocycles. The van der Waals surface area contributed by atoms with Crippen LogP contribution in [0.2, 0.25) is 0 Å². The first-order valence-corrected chi connectivity index (χ1v) is 8.98. The summed E-state index contributed by atoms with van der Waals surface area (Å²) >= 11 is 0. The number of aryl methyl sites for hydroxylation is 1. The molecule has 5 nitrogen and oxygen atoms in total. The molecule has 2 heterocycles. The van der Waals surface area contributed by atoms with Crippen molar-refractivity contribution in [1.82, 2.24) is 10.2 Å². The van der Waals surface area contributed by atoms with E-state index in [-0.39, 0.29) is 24.0 Å². The molecule has 0 radical (unpaired) electrons. The smallest absolute Gasteiger partial charge is 0.193 e. The molecule has 4 rings (SSSR count). The fourth-order valence-corrected chi connectivity index (χ4v) is 4.50. The number of aliphatic hydroxyl groups is 1. The lowest BCUT2D eigenvalue weighted by molar-refractivity contribution is 0.0426. The Labute approximate surface area is 166 Å². The van der Waals surface area contributed by atoms with E-state index >= 15 is 0 Å². The van der Waals surface area contributed by atoms with Crippen LogP contribution in [0.5, 0.6) is 0 Å². The van der Waals surface area contributed by atoms with Gasteiger partial charge >= 0.3 is 0 Å². The summed E-state index contributed by atoms with van der Waals surface area (Å²) in [6.45, 7) is 4.28. The van der Waals surface area contributed by atoms with Crippen LogP contribution in [0.15, 0.2) is 29.3 Å². The zero-order chi connectivity index (χ0) is 16.6. The molecule has 0 saturated carbocycles. The lowest BCUT2D eigenvalue weighted by atomic mass is 9.87. The van der Waals surface area contributed by atoms with Crippen molar-refractivity contribution >= 4 is 29.9 Å². The summed E-state index contributed by atoms with van der Waals surface area (Å²) in [5.74, 6) is 0.900. The number of fused-ring (bicyclic) bond motifs is 1. The fraction of sp³-hybridized carbons (Fsp3) is 0.632. The molecule has 0 amide bonds. The number of hydrogen-bond acceptors (Lipinski definition) is 3. The van der Waals surface area contributed by atoms with E-state index in [2.05, 4.69) is 21.3 Å². The second-order valence-corrected chi connectivity index (χ2v) is 7.56. The summed E-state index contributed by atoms with van der Waals surface area (Å²) in [6.07, 6.45) is 4.03. The van der Waals surface area contributed by atoms with E-state index in [0.29, 0.717) is 12.0 Å². The Morgan fingerprint density at radius 3 is 2.92 bits per heavy atom. The van der Waals surface area contributed by atoms with Gasteiger partial charge in [0.05, 0.1) is 13.2 Å². The Morgan fingerprint density at radius 2 is 2.16 bits per heavy atom. The lowest BCUT2D eigenvalue weighted by Crippen LogP contribution is -2.46. The summed E-state index contributed by atoms with van der Waals surface area (Å²) in [6, 6.07) is 8.22. The van der Waals surface area contributed by atoms with Gasteiger partial charge in [0.15, 0.2) is 5.96 Å². The number of likely N-dealkylation sites (tertiary alicyclic amines) is 1. The van der Waals surface area contributed by atoms with Crippen LogP contribution in [0, 0.1) is 5.41 Å². The number of rotatable bonds is 2. The van der Waals surface area contributed by atoms with Crippen molar-refractivity contribution in [2.75, 3.05) is 39.9 Å². The molecule has 1 aromatic rings. The zero-order valence-corrected chi connectivity index (χ0v) is 17.2. The Hall–Kier alpha value is -0.860. The second-order valence-electron chi connectivity index (χ2n) is 7.56. The molecule has 2 N–H and O–H groups in total. The number of benzene rings is 1. The van der Waals surface area contributed by atoms with E-state index in [4.69, 9.17) is 4.74 Å². The van der Waals surface area contributed by atoms with E-state index in [0.717, 1.165) is 57.1 Å². The van der Waals surface area contributed by atoms with Crippen molar-refractivity contribution in [2.24, 2.45) is 10.4 Å². The van der Waals surface area contributed by atoms with Gasteiger partial charge in [0.25, 0.3) is 0 Å². The van der Waals surface area contributed by atoms with Gasteiger partial charge in [-0.05, 0) is 36.8 Å². The molecule has 2 saturated heterocycles. The highest BCUT2D eigenvalue weighted by Gasteiger charge is 2.43. The monoisotopic (exact) mass is 457 g/mol. The van der Waals surface area contributed by atoms with Gasteiger partial charge < -0.3 is 20.1 Å². The molecular weight excluding hydrogens is 429 g/mol. The first-order chi connectivity index (χ1) is 11.6. The third-order valence-corrected chi connectivity index (χ3v) is 6.00. The molecule has 3 aliphatic rings. The topological polar surface area (TPSA) is 57.1 Å². The molecule has 2 unspecified atom stereocenters. The highest BCUT2D eigenvalue weighted by Crippen LogP contribution is 2.39. The molecule has 2 atom stereocenters. The number of halogens is 1. The molecule has 6 heteroatoms. The van der Waals surface area contributed by atoms with E-state index in [9.17, 15) is 5.11 Å². The molecule has 1 aliphatic carbocycles. The summed E-state index contributed by atoms with van der Waals surface area (Å²) in [5, 5.41) is 14.5. The molecule has 0 aromatic heterocycles. The normalized spacial score (nSPS) is 31.3. The first-order valence-electron chi connectivity index (χ1n) is 8.98. The Bertz CT molecular complexity index is 645. The quantitative estimate of drug-likeness (QED) is 0.406. The van der Waals surface area contributed by atoms with Crippen molar-refractivity contribution in [3.05, 3.63) is 35.4 Å². The van der Waals surface area contributed by atoms with Crippen LogP contribution in [0.25, 0.3) is 0 Å². The van der Waals surface area contributed by atoms with Gasteiger partial charge in [-0.1, -0.05) is 24.3 Å². The SMILES string of the molecule is CN=C(NCC1(O)CCc2ccccc21)N1CCC2(CCOC2)C1.I. The maximum atomic E-state index is 11.1. The minimum atomic E-state index is -0.791. The van der Waals surface area contributed by atoms with Crippen LogP contribution in [-0.4, -0.2) is 55.9 Å². The molecule has 1 spiro atoms. The number of hydrogen-bond donors (Lipinski definition) is 2. The molecule has 2 fully saturated rings. The average Bonchev–Trinajstić information content (AvgIpc) is 3.31. The lowest BCUT2D eigenvalue weighted by Gasteiger charge is -2.29. The number of guanidine groups is 1. The highest BCUT2D eigenvalue weighted by atomic mass is 127. The Balaban J connectivity index is 0.00000182. The standard InChI is InChI=1S/C19H27N3O2.HI/c1-20-17(22-10-8-18(13-22)9-11-24-14-18)21-12-19(23)7-6-15-4-2-3-5-16(15)19;/h2-5,23H,6-14H2,1H3,(H,20,21);1H. The second kappa shape index (κ2) is 7.40. The van der Waals surface area contributed by atoms with Gasteiger partial charge in [-0.3, -0.25) is 4.99 Å². The van der Waals surface area contributed by atoms with Gasteiger partial charge in [0.2, 0.25) is 0 Å². The Morgan fingerprint density at radius 1 is 1.32 bits per heavy atom. The van der Waals surface area contributed by atoms with Crippen molar-refractivity contribution in [1.29, 1.82) is 0 Å². The fourth-order valence-electron chi connectivity index (χ4n) is 4.50. The Kier molecular flexibility index (Phi) is 5.60. The maximum Gasteiger partial charge on any atom is 0.193 e. The van der Waals surface area contributed by atoms with Crippen LogP contribution < -0.4 is 5.32 Å². The predicted molar refractivity (Wildman–Crippen MR) is 109 cm³/mol. The van der Waals surface area contributed by atoms with Crippen LogP contribution in [0.3, 0.4) is 0 Å². The third-order valence-electron chi connectivity index (χ3n) is 6.00. The van der Waals surface area contributed by atoms with Crippen LogP contribution in [0.1, 0.15) is 30.4 Å². The molecule has 0 bridgehead atoms. The van der Waals surface area contributed by atoms with Gasteiger partial charge in [0, 0.05) is 32.2 Å². The third kappa shape index (κ3) is 3.53. The first kappa shape index (κ1) is 18.9. The van der Waals surface area contributed by atoms with Crippen molar-refractivity contribution in [2.45, 2.75) is 31.3 Å². The van der Waals surface area contributed by atoms with Crippen LogP contribution in [-0.2, 0) is 16.8 Å². The highest BCUT2D eigenvalue weighted by molar-refractivity contribution is 14.0. The summed E-state index contributed by atoms with van der Waals surface area (Å²) in [5.41, 5.74) is 1.85. The summed E-state index contributed by atoms with van der Waals surface area (Å²) in [4.78, 5) is 6.77. The van der Waals surface area contributed by atoms with E-state index in [1.54, 1.807) is 0 Å². The van der Waals surface area contributed by atoms with Crippen molar-refractivity contribution < 1.29 is 9.84 Å². The molecule has 25 heavy (non-hydrogen) atoms. The van der Waals surface area contributed by atoms with Crippen LogP contribution >= 0.6 is 24.0 Å². The van der Waals surface area contributed by atoms with Gasteiger partial charge in [-0.2, -0.15) is 0 Å². The van der Waals surface area contributed by atoms with E-state index < -0.39 is 5.60 Å². The maximum absolute atomic E-state index is 11.1. The minimum absolute atomic E-state index is 0. The number of ether oxygens (including phenoxy) is 1. The van der Waals surface area contributed by atoms with Crippen molar-refractivity contribution in [3.8, 4) is 0 Å². The summed E-state index contributed by atoms with van der Waals surface area (Å²) < 4.78 is 5.61. The number of aliphatic imine (C=N–C) groups is 1. The summed E-state index contributed by atoms with van der Waals surface area (Å²) in [7, 11) is 1.82. The molecular formula is C19H28IN3O2. The largest absolute Gasteiger partial charge is 0.383 e. The van der Waals surface area contributed by atoms with Gasteiger partial charge in [-0.25, -0.2) is 0 Å². The van der Waals surface area contributed by atoms with Crippen molar-refractivity contribution in [3.63, 3.8) is 0 Å². The average molecular weight is 457 g/mol. The zero-order valence-electron chi connectivity index (χ0n) is 14.8. The number of nitrogens with zero attached hydrogens (tertiary/aromatic N) is 2. The number of nitrogens with one attached hydrogen (secondary N) is 1. The minimum Gasteiger partial charge on any atom is -0.383 e. The molecule has 138 valence electrons. The van der Waals surface area contributed by atoms with Gasteiger partial charge in [-0.15, -0.1) is 24.0 Å². The predicted octanol–water partition coefficient (Wildman–Crippen LogP) is 2.13. The van der Waals surface area contributed by atoms with Gasteiger partial charge in [0.1, 0.15) is 5.60 Å².